The van der Waals surface area contributed by atoms with Gasteiger partial charge in [-0.15, -0.1) is 0 Å². The van der Waals surface area contributed by atoms with Gasteiger partial charge >= 0.3 is 0 Å². The fourth-order valence-electron chi connectivity index (χ4n) is 8.80. The van der Waals surface area contributed by atoms with Crippen LogP contribution in [0, 0.1) is 34.5 Å². The smallest absolute Gasteiger partial charge is 0.159 e. The predicted octanol–water partition coefficient (Wildman–Crippen LogP) is 2.27. The Bertz CT molecular complexity index is 927. The number of carbonyl (C=O) groups is 1. The highest BCUT2D eigenvalue weighted by atomic mass is 16.3. The minimum Gasteiger partial charge on any atom is -0.392 e. The summed E-state index contributed by atoms with van der Waals surface area (Å²) in [5, 5.41) is 65.5. The van der Waals surface area contributed by atoms with E-state index in [1.807, 2.05) is 20.8 Å². The SMILES string of the molecule is C=C(CO)[C@@H](CC)C[C@H](O)[C@](C)(O)[C@H]1CC[C@@]2(O)C3=CC(=O)[C@@H]4C[C@@H](O)[C@@H](O)C[C@]4(C)[C@H]3CC[C@]12C. The summed E-state index contributed by atoms with van der Waals surface area (Å²) in [5.74, 6) is -1.09. The number of rotatable bonds is 7. The summed E-state index contributed by atoms with van der Waals surface area (Å²) in [4.78, 5) is 13.3. The molecule has 0 heterocycles. The molecule has 0 aromatic heterocycles. The van der Waals surface area contributed by atoms with Crippen molar-refractivity contribution in [1.29, 1.82) is 0 Å². The number of aliphatic hydroxyl groups is 6. The fraction of sp³-hybridized carbons (Fsp3) is 0.828. The second-order valence-corrected chi connectivity index (χ2v) is 13.0. The van der Waals surface area contributed by atoms with Crippen molar-refractivity contribution < 1.29 is 35.4 Å². The van der Waals surface area contributed by atoms with E-state index in [-0.39, 0.29) is 43.0 Å². The van der Waals surface area contributed by atoms with Gasteiger partial charge in [0.25, 0.3) is 0 Å². The number of ketones is 1. The Labute approximate surface area is 214 Å². The van der Waals surface area contributed by atoms with E-state index in [1.54, 1.807) is 13.0 Å². The maximum atomic E-state index is 13.3. The van der Waals surface area contributed by atoms with Gasteiger partial charge in [-0.1, -0.05) is 27.4 Å². The predicted molar refractivity (Wildman–Crippen MR) is 136 cm³/mol. The number of allylic oxidation sites excluding steroid dienone is 1. The second kappa shape index (κ2) is 9.28. The van der Waals surface area contributed by atoms with Crippen molar-refractivity contribution in [2.75, 3.05) is 6.61 Å². The molecule has 11 atom stereocenters. The number of hydrogen-bond acceptors (Lipinski definition) is 7. The van der Waals surface area contributed by atoms with Gasteiger partial charge in [-0.3, -0.25) is 4.79 Å². The topological polar surface area (TPSA) is 138 Å². The Morgan fingerprint density at radius 2 is 1.86 bits per heavy atom. The van der Waals surface area contributed by atoms with Gasteiger partial charge in [0.15, 0.2) is 5.78 Å². The minimum atomic E-state index is -1.48. The first-order valence-electron chi connectivity index (χ1n) is 13.7. The first kappa shape index (κ1) is 27.9. The van der Waals surface area contributed by atoms with E-state index in [0.29, 0.717) is 49.7 Å². The molecule has 6 N–H and O–H groups in total. The van der Waals surface area contributed by atoms with Gasteiger partial charge in [0, 0.05) is 11.3 Å². The average molecular weight is 507 g/mol. The van der Waals surface area contributed by atoms with E-state index in [1.165, 1.54) is 0 Å². The molecule has 0 saturated heterocycles. The molecule has 3 saturated carbocycles. The average Bonchev–Trinajstić information content (AvgIpc) is 3.10. The quantitative estimate of drug-likeness (QED) is 0.291. The molecule has 4 rings (SSSR count). The molecule has 0 radical (unpaired) electrons. The lowest BCUT2D eigenvalue weighted by molar-refractivity contribution is -0.177. The molecule has 3 fully saturated rings. The Morgan fingerprint density at radius 3 is 2.47 bits per heavy atom. The molecular weight excluding hydrogens is 460 g/mol. The zero-order valence-electron chi connectivity index (χ0n) is 22.3. The van der Waals surface area contributed by atoms with Crippen LogP contribution in [0.15, 0.2) is 23.8 Å². The van der Waals surface area contributed by atoms with Crippen molar-refractivity contribution in [2.45, 2.75) is 109 Å². The highest BCUT2D eigenvalue weighted by molar-refractivity contribution is 5.95. The molecule has 7 nitrogen and oxygen atoms in total. The maximum absolute atomic E-state index is 13.3. The van der Waals surface area contributed by atoms with E-state index < -0.39 is 46.3 Å². The summed E-state index contributed by atoms with van der Waals surface area (Å²) in [7, 11) is 0. The monoisotopic (exact) mass is 506 g/mol. The first-order valence-corrected chi connectivity index (χ1v) is 13.7. The number of hydrogen-bond donors (Lipinski definition) is 6. The van der Waals surface area contributed by atoms with Gasteiger partial charge < -0.3 is 30.6 Å². The van der Waals surface area contributed by atoms with Gasteiger partial charge in [0.1, 0.15) is 0 Å². The normalized spacial score (nSPS) is 45.6. The van der Waals surface area contributed by atoms with Crippen molar-refractivity contribution in [3.05, 3.63) is 23.8 Å². The molecule has 4 aliphatic rings. The van der Waals surface area contributed by atoms with Gasteiger partial charge in [-0.2, -0.15) is 0 Å². The Morgan fingerprint density at radius 1 is 1.19 bits per heavy atom. The highest BCUT2D eigenvalue weighted by Gasteiger charge is 2.69. The number of fused-ring (bicyclic) bond motifs is 5. The van der Waals surface area contributed by atoms with Gasteiger partial charge in [0.2, 0.25) is 0 Å². The summed E-state index contributed by atoms with van der Waals surface area (Å²) in [6, 6.07) is 0. The standard InChI is InChI=1S/C29H46O7/c1-6-17(16(2)15-30)11-25(34)28(5,35)24-8-10-29(36)19-12-21(31)20-13-22(32)23(33)14-26(20,3)18(19)7-9-27(24,29)4/h12,17-18,20,22-25,30,32-36H,2,6-11,13-15H2,1,3-5H3/t17-,18-,20-,22+,23-,24-,25-,26+,27+,28+,29+/m0/s1. The second-order valence-electron chi connectivity index (χ2n) is 13.0. The van der Waals surface area contributed by atoms with Crippen LogP contribution in [0.4, 0.5) is 0 Å². The van der Waals surface area contributed by atoms with Gasteiger partial charge in [-0.05, 0) is 98.7 Å². The summed E-state index contributed by atoms with van der Waals surface area (Å²) in [5.41, 5.74) is -2.73. The lowest BCUT2D eigenvalue weighted by Crippen LogP contribution is -2.63. The lowest BCUT2D eigenvalue weighted by atomic mass is 9.45. The van der Waals surface area contributed by atoms with Gasteiger partial charge in [-0.25, -0.2) is 0 Å². The Kier molecular flexibility index (Phi) is 7.20. The van der Waals surface area contributed by atoms with Crippen molar-refractivity contribution in [1.82, 2.24) is 0 Å². The molecule has 0 amide bonds. The van der Waals surface area contributed by atoms with E-state index in [9.17, 15) is 35.4 Å². The zero-order valence-corrected chi connectivity index (χ0v) is 22.3. The van der Waals surface area contributed by atoms with Crippen molar-refractivity contribution in [3.63, 3.8) is 0 Å². The third-order valence-corrected chi connectivity index (χ3v) is 11.3. The number of carbonyl (C=O) groups excluding carboxylic acids is 1. The molecule has 4 aliphatic carbocycles. The van der Waals surface area contributed by atoms with Crippen LogP contribution in [-0.2, 0) is 4.79 Å². The van der Waals surface area contributed by atoms with Crippen molar-refractivity contribution in [2.24, 2.45) is 34.5 Å². The van der Waals surface area contributed by atoms with Crippen LogP contribution < -0.4 is 0 Å². The third kappa shape index (κ3) is 3.88. The third-order valence-electron chi connectivity index (χ3n) is 11.3. The van der Waals surface area contributed by atoms with Crippen LogP contribution in [0.2, 0.25) is 0 Å². The molecule has 0 aromatic rings. The number of aliphatic hydroxyl groups excluding tert-OH is 4. The van der Waals surface area contributed by atoms with Crippen LogP contribution in [0.25, 0.3) is 0 Å². The molecule has 7 heteroatoms. The van der Waals surface area contributed by atoms with E-state index >= 15 is 0 Å². The summed E-state index contributed by atoms with van der Waals surface area (Å²) < 4.78 is 0. The first-order chi connectivity index (χ1) is 16.7. The van der Waals surface area contributed by atoms with Crippen LogP contribution in [-0.4, -0.2) is 72.5 Å². The highest BCUT2D eigenvalue weighted by Crippen LogP contribution is 2.68. The van der Waals surface area contributed by atoms with E-state index in [4.69, 9.17) is 0 Å². The summed E-state index contributed by atoms with van der Waals surface area (Å²) in [6.07, 6.45) is 2.45. The Balaban J connectivity index is 1.66. The molecule has 36 heavy (non-hydrogen) atoms. The largest absolute Gasteiger partial charge is 0.392 e. The molecule has 0 aromatic carbocycles. The minimum absolute atomic E-state index is 0.0913. The van der Waals surface area contributed by atoms with Crippen LogP contribution in [0.3, 0.4) is 0 Å². The lowest BCUT2D eigenvalue weighted by Gasteiger charge is -2.60. The van der Waals surface area contributed by atoms with E-state index in [2.05, 4.69) is 6.58 Å². The van der Waals surface area contributed by atoms with Crippen LogP contribution in [0.5, 0.6) is 0 Å². The molecule has 204 valence electrons. The molecule has 0 unspecified atom stereocenters. The van der Waals surface area contributed by atoms with Crippen LogP contribution in [0.1, 0.15) is 79.1 Å². The summed E-state index contributed by atoms with van der Waals surface area (Å²) in [6.45, 7) is 11.4. The van der Waals surface area contributed by atoms with Crippen LogP contribution >= 0.6 is 0 Å². The van der Waals surface area contributed by atoms with Crippen molar-refractivity contribution >= 4 is 5.78 Å². The van der Waals surface area contributed by atoms with Crippen molar-refractivity contribution in [3.8, 4) is 0 Å². The fourth-order valence-corrected chi connectivity index (χ4v) is 8.80. The summed E-state index contributed by atoms with van der Waals surface area (Å²) >= 11 is 0. The van der Waals surface area contributed by atoms with E-state index in [0.717, 1.165) is 0 Å². The molecular formula is C29H46O7. The molecule has 0 spiro atoms. The van der Waals surface area contributed by atoms with Gasteiger partial charge in [0.05, 0.1) is 36.1 Å². The maximum Gasteiger partial charge on any atom is 0.159 e. The molecule has 0 bridgehead atoms. The Hall–Kier alpha value is -1.09. The molecule has 0 aliphatic heterocycles. The zero-order chi connectivity index (χ0) is 26.8.